The molecule has 1 aliphatic heterocycles. The molecule has 0 fully saturated rings. The average Bonchev–Trinajstić information content (AvgIpc) is 2.92. The molecule has 3 rings (SSSR count). The average molecular weight is 602 g/mol. The van der Waals surface area contributed by atoms with Crippen molar-refractivity contribution in [1.82, 2.24) is 4.90 Å². The standard InChI is InChI=1S/C32H48N3O6P/c1-32(2,3)41-30(37)13-11-10-12-19-35(8)29(36)18-20-42(38,39-9)31-25-16-14-23(33(4)5)21-27(25)40-28-22-24(34(6)7)15-17-26(28)31/h14-17,21-22,31H,10-13,18-20H2,1-9H3. The minimum absolute atomic E-state index is 0.0853. The molecule has 232 valence electrons. The zero-order valence-electron chi connectivity index (χ0n) is 26.7. The minimum atomic E-state index is -3.38. The first-order chi connectivity index (χ1) is 19.6. The van der Waals surface area contributed by atoms with Crippen molar-refractivity contribution in [1.29, 1.82) is 0 Å². The predicted molar refractivity (Wildman–Crippen MR) is 170 cm³/mol. The van der Waals surface area contributed by atoms with Gasteiger partial charge in [-0.1, -0.05) is 18.6 Å². The Balaban J connectivity index is 1.71. The molecule has 0 saturated heterocycles. The van der Waals surface area contributed by atoms with Crippen LogP contribution in [0.2, 0.25) is 0 Å². The van der Waals surface area contributed by atoms with Crippen LogP contribution in [0.4, 0.5) is 11.4 Å². The molecule has 2 aromatic carbocycles. The first-order valence-corrected chi connectivity index (χ1v) is 16.4. The van der Waals surface area contributed by atoms with Gasteiger partial charge in [0.15, 0.2) is 0 Å². The Morgan fingerprint density at radius 3 is 1.88 bits per heavy atom. The lowest BCUT2D eigenvalue weighted by Crippen LogP contribution is -2.28. The van der Waals surface area contributed by atoms with Crippen LogP contribution in [-0.2, 0) is 23.4 Å². The minimum Gasteiger partial charge on any atom is -0.460 e. The lowest BCUT2D eigenvalue weighted by atomic mass is 9.98. The Kier molecular flexibility index (Phi) is 11.1. The Morgan fingerprint density at radius 1 is 0.857 bits per heavy atom. The van der Waals surface area contributed by atoms with Gasteiger partial charge in [0.05, 0.1) is 5.66 Å². The molecule has 0 saturated carbocycles. The van der Waals surface area contributed by atoms with Gasteiger partial charge in [-0.15, -0.1) is 0 Å². The van der Waals surface area contributed by atoms with E-state index in [2.05, 4.69) is 0 Å². The molecule has 42 heavy (non-hydrogen) atoms. The summed E-state index contributed by atoms with van der Waals surface area (Å²) in [4.78, 5) is 30.7. The Hall–Kier alpha value is -3.03. The molecule has 0 N–H and O–H groups in total. The number of fused-ring (bicyclic) bond motifs is 2. The number of ether oxygens (including phenoxy) is 2. The number of benzene rings is 2. The number of esters is 1. The predicted octanol–water partition coefficient (Wildman–Crippen LogP) is 6.69. The van der Waals surface area contributed by atoms with Gasteiger partial charge in [-0.05, 0) is 45.7 Å². The van der Waals surface area contributed by atoms with Gasteiger partial charge >= 0.3 is 5.97 Å². The molecule has 1 aliphatic rings. The second-order valence-electron chi connectivity index (χ2n) is 12.3. The molecule has 0 spiro atoms. The molecule has 0 bridgehead atoms. The number of unbranched alkanes of at least 4 members (excludes halogenated alkanes) is 2. The van der Waals surface area contributed by atoms with Crippen LogP contribution in [0.5, 0.6) is 11.5 Å². The first-order valence-electron chi connectivity index (χ1n) is 14.6. The van der Waals surface area contributed by atoms with E-state index in [0.717, 1.165) is 35.3 Å². The number of amides is 1. The maximum Gasteiger partial charge on any atom is 0.306 e. The van der Waals surface area contributed by atoms with Crippen molar-refractivity contribution in [3.63, 3.8) is 0 Å². The molecule has 1 atom stereocenters. The number of carbonyl (C=O) groups excluding carboxylic acids is 2. The number of anilines is 2. The Labute approximate surface area is 251 Å². The van der Waals surface area contributed by atoms with Gasteiger partial charge in [0.25, 0.3) is 0 Å². The first kappa shape index (κ1) is 33.5. The molecule has 9 nitrogen and oxygen atoms in total. The van der Waals surface area contributed by atoms with Gasteiger partial charge in [-0.2, -0.15) is 0 Å². The Bertz CT molecular complexity index is 1250. The fraction of sp³-hybridized carbons (Fsp3) is 0.562. The van der Waals surface area contributed by atoms with Crippen molar-refractivity contribution in [3.8, 4) is 11.5 Å². The summed E-state index contributed by atoms with van der Waals surface area (Å²) in [6.45, 7) is 6.13. The fourth-order valence-electron chi connectivity index (χ4n) is 5.02. The maximum absolute atomic E-state index is 14.6. The Morgan fingerprint density at radius 2 is 1.40 bits per heavy atom. The highest BCUT2D eigenvalue weighted by atomic mass is 31.2. The summed E-state index contributed by atoms with van der Waals surface area (Å²) in [6.07, 6.45) is 2.88. The molecule has 1 unspecified atom stereocenters. The topological polar surface area (TPSA) is 88.6 Å². The van der Waals surface area contributed by atoms with Crippen molar-refractivity contribution < 1.29 is 28.2 Å². The van der Waals surface area contributed by atoms with E-state index in [4.69, 9.17) is 14.0 Å². The van der Waals surface area contributed by atoms with Gasteiger partial charge < -0.3 is 28.7 Å². The summed E-state index contributed by atoms with van der Waals surface area (Å²) in [5.41, 5.74) is 2.48. The summed E-state index contributed by atoms with van der Waals surface area (Å²) < 4.78 is 32.1. The number of hydrogen-bond donors (Lipinski definition) is 0. The zero-order valence-corrected chi connectivity index (χ0v) is 27.6. The molecule has 0 aliphatic carbocycles. The second kappa shape index (κ2) is 14.0. The molecule has 1 amide bonds. The molecule has 2 aromatic rings. The van der Waals surface area contributed by atoms with Crippen LogP contribution in [0.1, 0.15) is 69.7 Å². The normalized spacial score (nSPS) is 14.2. The van der Waals surface area contributed by atoms with Crippen molar-refractivity contribution in [2.24, 2.45) is 0 Å². The fourth-order valence-corrected chi connectivity index (χ4v) is 7.45. The lowest BCUT2D eigenvalue weighted by molar-refractivity contribution is -0.155. The molecule has 0 radical (unpaired) electrons. The van der Waals surface area contributed by atoms with E-state index in [1.807, 2.05) is 95.2 Å². The monoisotopic (exact) mass is 601 g/mol. The van der Waals surface area contributed by atoms with E-state index in [1.165, 1.54) is 7.11 Å². The van der Waals surface area contributed by atoms with E-state index in [1.54, 1.807) is 11.9 Å². The van der Waals surface area contributed by atoms with E-state index in [9.17, 15) is 14.2 Å². The van der Waals surface area contributed by atoms with Crippen LogP contribution in [0.3, 0.4) is 0 Å². The molecular weight excluding hydrogens is 553 g/mol. The maximum atomic E-state index is 14.6. The summed E-state index contributed by atoms with van der Waals surface area (Å²) in [7, 11) is 7.70. The summed E-state index contributed by atoms with van der Waals surface area (Å²) in [5, 5.41) is 0. The molecular formula is C32H48N3O6P. The summed E-state index contributed by atoms with van der Waals surface area (Å²) >= 11 is 0. The van der Waals surface area contributed by atoms with Crippen LogP contribution >= 0.6 is 7.37 Å². The van der Waals surface area contributed by atoms with E-state index in [-0.39, 0.29) is 24.5 Å². The zero-order chi connectivity index (χ0) is 31.2. The highest BCUT2D eigenvalue weighted by Gasteiger charge is 2.42. The van der Waals surface area contributed by atoms with Crippen LogP contribution in [0.15, 0.2) is 36.4 Å². The van der Waals surface area contributed by atoms with E-state index in [0.29, 0.717) is 30.9 Å². The summed E-state index contributed by atoms with van der Waals surface area (Å²) in [6, 6.07) is 11.8. The quantitative estimate of drug-likeness (QED) is 0.143. The largest absolute Gasteiger partial charge is 0.460 e. The highest BCUT2D eigenvalue weighted by molar-refractivity contribution is 7.59. The van der Waals surface area contributed by atoms with Gasteiger partial charge in [0.1, 0.15) is 17.1 Å². The van der Waals surface area contributed by atoms with Crippen LogP contribution in [0, 0.1) is 0 Å². The van der Waals surface area contributed by atoms with Gasteiger partial charge in [-0.3, -0.25) is 14.2 Å². The number of nitrogens with zero attached hydrogens (tertiary/aromatic N) is 3. The smallest absolute Gasteiger partial charge is 0.306 e. The van der Waals surface area contributed by atoms with Gasteiger partial charge in [0.2, 0.25) is 13.3 Å². The number of carbonyl (C=O) groups is 2. The molecule has 0 aromatic heterocycles. The van der Waals surface area contributed by atoms with Crippen molar-refractivity contribution in [3.05, 3.63) is 47.5 Å². The number of hydrogen-bond acceptors (Lipinski definition) is 8. The number of rotatable bonds is 13. The highest BCUT2D eigenvalue weighted by Crippen LogP contribution is 2.67. The third-order valence-corrected chi connectivity index (χ3v) is 10.2. The van der Waals surface area contributed by atoms with Crippen LogP contribution in [0.25, 0.3) is 0 Å². The van der Waals surface area contributed by atoms with Crippen molar-refractivity contribution >= 4 is 30.6 Å². The lowest BCUT2D eigenvalue weighted by Gasteiger charge is -2.34. The second-order valence-corrected chi connectivity index (χ2v) is 15.1. The van der Waals surface area contributed by atoms with Crippen molar-refractivity contribution in [2.45, 2.75) is 64.1 Å². The van der Waals surface area contributed by atoms with Crippen molar-refractivity contribution in [2.75, 3.05) is 64.9 Å². The van der Waals surface area contributed by atoms with E-state index < -0.39 is 18.6 Å². The van der Waals surface area contributed by atoms with Crippen LogP contribution < -0.4 is 14.5 Å². The third kappa shape index (κ3) is 8.51. The summed E-state index contributed by atoms with van der Waals surface area (Å²) in [5.74, 6) is 0.996. The molecule has 1 heterocycles. The van der Waals surface area contributed by atoms with Gasteiger partial charge in [0, 0.05) is 103 Å². The van der Waals surface area contributed by atoms with Gasteiger partial charge in [-0.25, -0.2) is 0 Å². The molecule has 10 heteroatoms. The van der Waals surface area contributed by atoms with Crippen LogP contribution in [-0.4, -0.2) is 77.4 Å². The third-order valence-electron chi connectivity index (χ3n) is 7.40. The SMILES string of the molecule is COP(=O)(CCC(=O)N(C)CCCCCC(=O)OC(C)(C)C)C1c2ccc(N(C)C)cc2Oc2cc(N(C)C)ccc21. The van der Waals surface area contributed by atoms with E-state index >= 15 is 0 Å².